The number of thioether (sulfide) groups is 1. The number of nitrogens with one attached hydrogen (secondary N) is 2. The number of urea groups is 1. The van der Waals surface area contributed by atoms with Crippen molar-refractivity contribution in [1.29, 1.82) is 0 Å². The third-order valence-electron chi connectivity index (χ3n) is 3.27. The van der Waals surface area contributed by atoms with Gasteiger partial charge in [0.1, 0.15) is 0 Å². The van der Waals surface area contributed by atoms with Crippen LogP contribution in [0.3, 0.4) is 0 Å². The predicted octanol–water partition coefficient (Wildman–Crippen LogP) is 2.76. The Hall–Kier alpha value is -2.35. The number of carbonyl (C=O) groups is 2. The van der Waals surface area contributed by atoms with Gasteiger partial charge in [0, 0.05) is 11.6 Å². The highest BCUT2D eigenvalue weighted by atomic mass is 32.2. The minimum atomic E-state index is -0.499. The Morgan fingerprint density at radius 2 is 1.96 bits per heavy atom. The Bertz CT molecular complexity index is 700. The van der Waals surface area contributed by atoms with Crippen LogP contribution < -0.4 is 10.6 Å². The average Bonchev–Trinajstić information content (AvgIpc) is 3.02. The maximum absolute atomic E-state index is 11.7. The van der Waals surface area contributed by atoms with Crippen LogP contribution in [0.15, 0.2) is 33.9 Å². The fourth-order valence-electron chi connectivity index (χ4n) is 1.73. The van der Waals surface area contributed by atoms with Gasteiger partial charge in [-0.05, 0) is 32.4 Å². The van der Waals surface area contributed by atoms with E-state index in [1.165, 1.54) is 0 Å². The number of imide groups is 1. The lowest BCUT2D eigenvalue weighted by Gasteiger charge is -2.11. The molecule has 0 fully saturated rings. The standard InChI is InChI=1S/C16H20N4O3S/c1-4-11(3)17-15(22)18-13(21)9-24-16-20-19-14(23-16)12-7-5-10(2)6-8-12/h5-8,11H,4,9H2,1-3H3,(H2,17,18,21,22)/t11-/m0/s1. The molecule has 1 aromatic carbocycles. The molecule has 0 spiro atoms. The van der Waals surface area contributed by atoms with Crippen LogP contribution >= 0.6 is 11.8 Å². The Morgan fingerprint density at radius 3 is 2.62 bits per heavy atom. The number of rotatable bonds is 6. The Balaban J connectivity index is 1.83. The van der Waals surface area contributed by atoms with Crippen molar-refractivity contribution >= 4 is 23.7 Å². The fourth-order valence-corrected chi connectivity index (χ4v) is 2.30. The molecule has 2 rings (SSSR count). The van der Waals surface area contributed by atoms with Crippen molar-refractivity contribution in [3.05, 3.63) is 29.8 Å². The molecule has 1 aromatic heterocycles. The highest BCUT2D eigenvalue weighted by Crippen LogP contribution is 2.23. The summed E-state index contributed by atoms with van der Waals surface area (Å²) in [5, 5.41) is 13.0. The van der Waals surface area contributed by atoms with Crippen molar-refractivity contribution in [2.75, 3.05) is 5.75 Å². The Labute approximate surface area is 144 Å². The van der Waals surface area contributed by atoms with Crippen LogP contribution in [0.2, 0.25) is 0 Å². The van der Waals surface area contributed by atoms with Crippen molar-refractivity contribution < 1.29 is 14.0 Å². The van der Waals surface area contributed by atoms with Crippen LogP contribution in [0, 0.1) is 6.92 Å². The third kappa shape index (κ3) is 5.38. The summed E-state index contributed by atoms with van der Waals surface area (Å²) in [6.07, 6.45) is 0.792. The summed E-state index contributed by atoms with van der Waals surface area (Å²) in [5.41, 5.74) is 1.96. The maximum Gasteiger partial charge on any atom is 0.321 e. The quantitative estimate of drug-likeness (QED) is 0.779. The summed E-state index contributed by atoms with van der Waals surface area (Å²) in [5.74, 6) is -0.00739. The largest absolute Gasteiger partial charge is 0.411 e. The molecular weight excluding hydrogens is 328 g/mol. The molecule has 2 N–H and O–H groups in total. The van der Waals surface area contributed by atoms with Gasteiger partial charge in [-0.1, -0.05) is 36.4 Å². The van der Waals surface area contributed by atoms with Crippen molar-refractivity contribution in [3.63, 3.8) is 0 Å². The predicted molar refractivity (Wildman–Crippen MR) is 91.6 cm³/mol. The molecule has 0 aliphatic rings. The van der Waals surface area contributed by atoms with Crippen molar-refractivity contribution in [2.45, 2.75) is 38.5 Å². The van der Waals surface area contributed by atoms with Gasteiger partial charge in [0.2, 0.25) is 11.8 Å². The van der Waals surface area contributed by atoms with Gasteiger partial charge < -0.3 is 9.73 Å². The van der Waals surface area contributed by atoms with E-state index < -0.39 is 11.9 Å². The molecule has 1 atom stereocenters. The van der Waals surface area contributed by atoms with E-state index in [0.29, 0.717) is 5.89 Å². The first-order valence-electron chi connectivity index (χ1n) is 7.61. The first kappa shape index (κ1) is 18.0. The summed E-state index contributed by atoms with van der Waals surface area (Å²) in [6, 6.07) is 7.21. The molecule has 0 bridgehead atoms. The molecule has 0 saturated carbocycles. The topological polar surface area (TPSA) is 97.1 Å². The number of aromatic nitrogens is 2. The highest BCUT2D eigenvalue weighted by Gasteiger charge is 2.13. The second-order valence-corrected chi connectivity index (χ2v) is 6.29. The zero-order chi connectivity index (χ0) is 17.5. The van der Waals surface area contributed by atoms with E-state index in [1.807, 2.05) is 45.0 Å². The second-order valence-electron chi connectivity index (χ2n) is 5.36. The van der Waals surface area contributed by atoms with Crippen LogP contribution in [-0.2, 0) is 4.79 Å². The normalized spacial score (nSPS) is 11.8. The number of nitrogens with zero attached hydrogens (tertiary/aromatic N) is 2. The lowest BCUT2D eigenvalue weighted by Crippen LogP contribution is -2.43. The third-order valence-corrected chi connectivity index (χ3v) is 4.09. The number of hydrogen-bond acceptors (Lipinski definition) is 6. The number of benzene rings is 1. The van der Waals surface area contributed by atoms with E-state index in [1.54, 1.807) is 0 Å². The highest BCUT2D eigenvalue weighted by molar-refractivity contribution is 7.99. The summed E-state index contributed by atoms with van der Waals surface area (Å²) < 4.78 is 5.51. The molecule has 128 valence electrons. The van der Waals surface area contributed by atoms with Crippen LogP contribution in [0.25, 0.3) is 11.5 Å². The van der Waals surface area contributed by atoms with E-state index in [-0.39, 0.29) is 17.0 Å². The molecule has 0 unspecified atom stereocenters. The van der Waals surface area contributed by atoms with Gasteiger partial charge >= 0.3 is 6.03 Å². The van der Waals surface area contributed by atoms with Gasteiger partial charge in [0.05, 0.1) is 5.75 Å². The van der Waals surface area contributed by atoms with Crippen molar-refractivity contribution in [2.24, 2.45) is 0 Å². The number of aryl methyl sites for hydroxylation is 1. The van der Waals surface area contributed by atoms with Crippen LogP contribution in [0.1, 0.15) is 25.8 Å². The van der Waals surface area contributed by atoms with Crippen molar-refractivity contribution in [1.82, 2.24) is 20.8 Å². The smallest absolute Gasteiger partial charge is 0.321 e. The van der Waals surface area contributed by atoms with E-state index in [4.69, 9.17) is 4.42 Å². The average molecular weight is 348 g/mol. The zero-order valence-corrected chi connectivity index (χ0v) is 14.6. The van der Waals surface area contributed by atoms with Crippen LogP contribution in [0.4, 0.5) is 4.79 Å². The number of hydrogen-bond donors (Lipinski definition) is 2. The molecule has 1 heterocycles. The van der Waals surface area contributed by atoms with E-state index in [2.05, 4.69) is 20.8 Å². The summed E-state index contributed by atoms with van der Waals surface area (Å²) in [4.78, 5) is 23.3. The van der Waals surface area contributed by atoms with Gasteiger partial charge in [0.15, 0.2) is 0 Å². The molecule has 2 aromatic rings. The van der Waals surface area contributed by atoms with Gasteiger partial charge in [-0.3, -0.25) is 10.1 Å². The van der Waals surface area contributed by atoms with E-state index in [9.17, 15) is 9.59 Å². The molecule has 3 amide bonds. The van der Waals surface area contributed by atoms with Gasteiger partial charge in [0.25, 0.3) is 5.22 Å². The number of amides is 3. The SMILES string of the molecule is CC[C@H](C)NC(=O)NC(=O)CSc1nnc(-c2ccc(C)cc2)o1. The van der Waals surface area contributed by atoms with Gasteiger partial charge in [-0.25, -0.2) is 4.79 Å². The molecular formula is C16H20N4O3S. The van der Waals surface area contributed by atoms with E-state index >= 15 is 0 Å². The second kappa shape index (κ2) is 8.49. The van der Waals surface area contributed by atoms with Gasteiger partial charge in [-0.15, -0.1) is 10.2 Å². The summed E-state index contributed by atoms with van der Waals surface area (Å²) in [7, 11) is 0. The molecule has 8 heteroatoms. The lowest BCUT2D eigenvalue weighted by molar-refractivity contribution is -0.117. The molecule has 24 heavy (non-hydrogen) atoms. The summed E-state index contributed by atoms with van der Waals surface area (Å²) >= 11 is 1.08. The first-order chi connectivity index (χ1) is 11.5. The van der Waals surface area contributed by atoms with E-state index in [0.717, 1.165) is 29.3 Å². The monoisotopic (exact) mass is 348 g/mol. The molecule has 0 aliphatic heterocycles. The van der Waals surface area contributed by atoms with Crippen molar-refractivity contribution in [3.8, 4) is 11.5 Å². The molecule has 0 aliphatic carbocycles. The van der Waals surface area contributed by atoms with Gasteiger partial charge in [-0.2, -0.15) is 0 Å². The Morgan fingerprint density at radius 1 is 1.25 bits per heavy atom. The zero-order valence-electron chi connectivity index (χ0n) is 13.8. The molecule has 0 saturated heterocycles. The maximum atomic E-state index is 11.7. The number of carbonyl (C=O) groups excluding carboxylic acids is 2. The molecule has 7 nitrogen and oxygen atoms in total. The first-order valence-corrected chi connectivity index (χ1v) is 8.60. The van der Waals surface area contributed by atoms with Crippen LogP contribution in [0.5, 0.6) is 0 Å². The Kier molecular flexibility index (Phi) is 6.36. The minimum Gasteiger partial charge on any atom is -0.411 e. The van der Waals surface area contributed by atoms with Crippen LogP contribution in [-0.4, -0.2) is 33.9 Å². The fraction of sp³-hybridized carbons (Fsp3) is 0.375. The molecule has 0 radical (unpaired) electrons. The minimum absolute atomic E-state index is 0.0125. The summed E-state index contributed by atoms with van der Waals surface area (Å²) in [6.45, 7) is 5.81. The lowest BCUT2D eigenvalue weighted by atomic mass is 10.1.